The molecule has 1 aromatic heterocycles. The molecule has 5 heteroatoms. The highest BCUT2D eigenvalue weighted by Gasteiger charge is 2.23. The number of carbonyl (C=O) groups excluding carboxylic acids is 1. The quantitative estimate of drug-likeness (QED) is 0.383. The molecule has 3 rings (SSSR count). The number of furan rings is 1. The Morgan fingerprint density at radius 2 is 1.79 bits per heavy atom. The number of amides is 1. The van der Waals surface area contributed by atoms with Crippen molar-refractivity contribution < 1.29 is 9.21 Å². The summed E-state index contributed by atoms with van der Waals surface area (Å²) in [7, 11) is 0. The van der Waals surface area contributed by atoms with Gasteiger partial charge in [-0.2, -0.15) is 0 Å². The Kier molecular flexibility index (Phi) is 10.7. The first-order chi connectivity index (χ1) is 16.5. The average molecular weight is 468 g/mol. The second-order valence-corrected chi connectivity index (χ2v) is 9.93. The van der Waals surface area contributed by atoms with Crippen LogP contribution < -0.4 is 5.32 Å². The molecule has 1 saturated carbocycles. The first kappa shape index (κ1) is 26.5. The summed E-state index contributed by atoms with van der Waals surface area (Å²) in [5.41, 5.74) is 2.70. The molecule has 0 aliphatic heterocycles. The Labute approximate surface area is 206 Å². The molecule has 0 saturated heterocycles. The summed E-state index contributed by atoms with van der Waals surface area (Å²) in [6.07, 6.45) is 8.48. The molecule has 1 atom stereocenters. The van der Waals surface area contributed by atoms with Crippen LogP contribution in [0.25, 0.3) is 0 Å². The van der Waals surface area contributed by atoms with E-state index in [9.17, 15) is 4.79 Å². The smallest absolute Gasteiger partial charge is 0.287 e. The van der Waals surface area contributed by atoms with Gasteiger partial charge < -0.3 is 14.6 Å². The van der Waals surface area contributed by atoms with E-state index >= 15 is 0 Å². The fourth-order valence-electron chi connectivity index (χ4n) is 5.08. The van der Waals surface area contributed by atoms with Gasteiger partial charge in [-0.15, -0.1) is 0 Å². The van der Waals surface area contributed by atoms with E-state index in [2.05, 4.69) is 67.1 Å². The number of nitrogens with one attached hydrogen (secondary N) is 1. The lowest BCUT2D eigenvalue weighted by Crippen LogP contribution is -2.36. The standard InChI is InChI=1S/C29H45N3O2/c1-5-31(6-2)20-12-14-24(4)30-29(33)28-19-18-27(34-28)22-32(26-16-8-7-9-17-26)21-25-15-11-10-13-23(25)3/h10-11,13,15,18-19,24,26H,5-9,12,14,16-17,20-22H2,1-4H3,(H,30,33). The number of rotatable bonds is 13. The van der Waals surface area contributed by atoms with Gasteiger partial charge in [-0.25, -0.2) is 0 Å². The minimum Gasteiger partial charge on any atom is -0.455 e. The van der Waals surface area contributed by atoms with Gasteiger partial charge in [0.05, 0.1) is 6.54 Å². The van der Waals surface area contributed by atoms with Crippen molar-refractivity contribution in [3.63, 3.8) is 0 Å². The maximum Gasteiger partial charge on any atom is 0.287 e. The number of nitrogens with zero attached hydrogens (tertiary/aromatic N) is 2. The van der Waals surface area contributed by atoms with Crippen LogP contribution in [0.4, 0.5) is 0 Å². The minimum absolute atomic E-state index is 0.107. The third-order valence-corrected chi connectivity index (χ3v) is 7.35. The van der Waals surface area contributed by atoms with Crippen molar-refractivity contribution >= 4 is 5.91 Å². The molecule has 1 heterocycles. The monoisotopic (exact) mass is 467 g/mol. The highest BCUT2D eigenvalue weighted by Crippen LogP contribution is 2.27. The van der Waals surface area contributed by atoms with Crippen LogP contribution >= 0.6 is 0 Å². The molecule has 1 aromatic carbocycles. The molecule has 0 bridgehead atoms. The van der Waals surface area contributed by atoms with Crippen molar-refractivity contribution in [1.82, 2.24) is 15.1 Å². The Morgan fingerprint density at radius 1 is 1.06 bits per heavy atom. The van der Waals surface area contributed by atoms with Crippen LogP contribution in [0.1, 0.15) is 93.2 Å². The maximum atomic E-state index is 12.8. The summed E-state index contributed by atoms with van der Waals surface area (Å²) in [6.45, 7) is 13.6. The molecule has 1 fully saturated rings. The SMILES string of the molecule is CCN(CC)CCCC(C)NC(=O)c1ccc(CN(Cc2ccccc2C)C2CCCCC2)o1. The summed E-state index contributed by atoms with van der Waals surface area (Å²) in [4.78, 5) is 17.7. The topological polar surface area (TPSA) is 48.7 Å². The summed E-state index contributed by atoms with van der Waals surface area (Å²) < 4.78 is 6.05. The van der Waals surface area contributed by atoms with Crippen LogP contribution in [0.15, 0.2) is 40.8 Å². The average Bonchev–Trinajstić information content (AvgIpc) is 3.32. The Morgan fingerprint density at radius 3 is 2.50 bits per heavy atom. The van der Waals surface area contributed by atoms with Gasteiger partial charge >= 0.3 is 0 Å². The van der Waals surface area contributed by atoms with Crippen molar-refractivity contribution in [1.29, 1.82) is 0 Å². The normalized spacial score (nSPS) is 15.7. The van der Waals surface area contributed by atoms with Crippen molar-refractivity contribution in [3.05, 3.63) is 59.0 Å². The molecule has 2 aromatic rings. The second kappa shape index (κ2) is 13.7. The second-order valence-electron chi connectivity index (χ2n) is 9.93. The van der Waals surface area contributed by atoms with E-state index in [0.717, 1.165) is 51.3 Å². The molecule has 34 heavy (non-hydrogen) atoms. The van der Waals surface area contributed by atoms with Crippen LogP contribution in [0.5, 0.6) is 0 Å². The van der Waals surface area contributed by atoms with Gasteiger partial charge in [0.15, 0.2) is 5.76 Å². The lowest BCUT2D eigenvalue weighted by atomic mass is 9.93. The molecule has 0 radical (unpaired) electrons. The fourth-order valence-corrected chi connectivity index (χ4v) is 5.08. The zero-order valence-electron chi connectivity index (χ0n) is 21.8. The van der Waals surface area contributed by atoms with Gasteiger partial charge in [-0.1, -0.05) is 57.4 Å². The van der Waals surface area contributed by atoms with E-state index in [1.54, 1.807) is 0 Å². The van der Waals surface area contributed by atoms with Crippen LogP contribution in [-0.4, -0.2) is 47.4 Å². The Bertz CT molecular complexity index is 868. The maximum absolute atomic E-state index is 12.8. The molecule has 1 unspecified atom stereocenters. The van der Waals surface area contributed by atoms with Gasteiger partial charge in [0.25, 0.3) is 5.91 Å². The molecule has 5 nitrogen and oxygen atoms in total. The van der Waals surface area contributed by atoms with Gasteiger partial charge in [0.2, 0.25) is 0 Å². The third kappa shape index (κ3) is 7.99. The van der Waals surface area contributed by atoms with E-state index < -0.39 is 0 Å². The summed E-state index contributed by atoms with van der Waals surface area (Å²) >= 11 is 0. The van der Waals surface area contributed by atoms with Crippen molar-refractivity contribution in [2.24, 2.45) is 0 Å². The summed E-state index contributed by atoms with van der Waals surface area (Å²) in [5, 5.41) is 3.12. The van der Waals surface area contributed by atoms with E-state index in [1.165, 1.54) is 43.2 Å². The molecule has 0 spiro atoms. The van der Waals surface area contributed by atoms with Gasteiger partial charge in [-0.3, -0.25) is 9.69 Å². The lowest BCUT2D eigenvalue weighted by Gasteiger charge is -2.34. The van der Waals surface area contributed by atoms with Crippen molar-refractivity contribution in [2.45, 2.75) is 97.8 Å². The van der Waals surface area contributed by atoms with Gasteiger partial charge in [0.1, 0.15) is 5.76 Å². The Balaban J connectivity index is 1.57. The van der Waals surface area contributed by atoms with E-state index in [-0.39, 0.29) is 11.9 Å². The fraction of sp³-hybridized carbons (Fsp3) is 0.621. The van der Waals surface area contributed by atoms with E-state index in [1.807, 2.05) is 12.1 Å². The van der Waals surface area contributed by atoms with Crippen LogP contribution in [0.2, 0.25) is 0 Å². The van der Waals surface area contributed by atoms with E-state index in [0.29, 0.717) is 11.8 Å². The molecule has 1 aliphatic carbocycles. The zero-order valence-corrected chi connectivity index (χ0v) is 21.8. The largest absolute Gasteiger partial charge is 0.455 e. The molecule has 188 valence electrons. The minimum atomic E-state index is -0.107. The zero-order chi connectivity index (χ0) is 24.3. The summed E-state index contributed by atoms with van der Waals surface area (Å²) in [6, 6.07) is 13.2. The predicted molar refractivity (Wildman–Crippen MR) is 140 cm³/mol. The molecular weight excluding hydrogens is 422 g/mol. The predicted octanol–water partition coefficient (Wildman–Crippen LogP) is 6.16. The van der Waals surface area contributed by atoms with Crippen LogP contribution in [-0.2, 0) is 13.1 Å². The van der Waals surface area contributed by atoms with Gasteiger partial charge in [-0.05, 0) is 82.4 Å². The number of hydrogen-bond acceptors (Lipinski definition) is 4. The number of benzene rings is 1. The third-order valence-electron chi connectivity index (χ3n) is 7.35. The van der Waals surface area contributed by atoms with E-state index in [4.69, 9.17) is 4.42 Å². The first-order valence-corrected chi connectivity index (χ1v) is 13.4. The van der Waals surface area contributed by atoms with Gasteiger partial charge in [0, 0.05) is 18.6 Å². The first-order valence-electron chi connectivity index (χ1n) is 13.4. The Hall–Kier alpha value is -2.11. The molecule has 1 aliphatic rings. The number of aryl methyl sites for hydroxylation is 1. The number of hydrogen-bond donors (Lipinski definition) is 1. The molecule has 1 N–H and O–H groups in total. The molecular formula is C29H45N3O2. The number of carbonyl (C=O) groups is 1. The highest BCUT2D eigenvalue weighted by molar-refractivity contribution is 5.91. The lowest BCUT2D eigenvalue weighted by molar-refractivity contribution is 0.0899. The van der Waals surface area contributed by atoms with Crippen LogP contribution in [0, 0.1) is 6.92 Å². The van der Waals surface area contributed by atoms with Crippen molar-refractivity contribution in [2.75, 3.05) is 19.6 Å². The highest BCUT2D eigenvalue weighted by atomic mass is 16.4. The van der Waals surface area contributed by atoms with Crippen LogP contribution in [0.3, 0.4) is 0 Å². The summed E-state index contributed by atoms with van der Waals surface area (Å²) in [5.74, 6) is 1.19. The molecule has 1 amide bonds. The van der Waals surface area contributed by atoms with Crippen molar-refractivity contribution in [3.8, 4) is 0 Å².